The van der Waals surface area contributed by atoms with Crippen LogP contribution in [-0.4, -0.2) is 16.2 Å². The van der Waals surface area contributed by atoms with Gasteiger partial charge in [0, 0.05) is 5.56 Å². The lowest BCUT2D eigenvalue weighted by Gasteiger charge is -2.30. The minimum Gasteiger partial charge on any atom is -0.481 e. The Morgan fingerprint density at radius 2 is 2.36 bits per heavy atom. The number of fused-ring (bicyclic) bond motifs is 1. The minimum atomic E-state index is -1.23. The molecule has 1 atom stereocenters. The van der Waals surface area contributed by atoms with Gasteiger partial charge in [-0.05, 0) is 24.8 Å². The van der Waals surface area contributed by atoms with Gasteiger partial charge >= 0.3 is 5.97 Å². The number of carboxylic acid groups (broad SMARTS) is 1. The van der Waals surface area contributed by atoms with Crippen LogP contribution in [0.15, 0.2) is 16.9 Å². The van der Waals surface area contributed by atoms with Crippen molar-refractivity contribution in [3.05, 3.63) is 23.7 Å². The van der Waals surface area contributed by atoms with Crippen molar-refractivity contribution in [3.63, 3.8) is 0 Å². The van der Waals surface area contributed by atoms with Crippen LogP contribution < -0.4 is 0 Å². The number of carbonyl (C=O) groups is 1. The molecule has 1 aromatic heterocycles. The Morgan fingerprint density at radius 1 is 1.57 bits per heavy atom. The molecule has 1 aromatic rings. The molecule has 0 radical (unpaired) electrons. The second kappa shape index (κ2) is 3.13. The molecule has 1 aliphatic carbocycles. The van der Waals surface area contributed by atoms with Crippen LogP contribution in [0, 0.1) is 0 Å². The van der Waals surface area contributed by atoms with E-state index >= 15 is 0 Å². The molecule has 0 spiro atoms. The molecule has 1 unspecified atom stereocenters. The smallest absolute Gasteiger partial charge is 0.306 e. The summed E-state index contributed by atoms with van der Waals surface area (Å²) < 4.78 is 4.99. The Bertz CT molecular complexity index is 355. The Morgan fingerprint density at radius 3 is 3.07 bits per heavy atom. The van der Waals surface area contributed by atoms with Crippen molar-refractivity contribution in [2.45, 2.75) is 31.3 Å². The third-order valence-electron chi connectivity index (χ3n) is 2.72. The van der Waals surface area contributed by atoms with Crippen LogP contribution in [-0.2, 0) is 16.8 Å². The number of aliphatic hydroxyl groups is 1. The first kappa shape index (κ1) is 9.27. The number of rotatable bonds is 2. The van der Waals surface area contributed by atoms with Crippen LogP contribution in [0.1, 0.15) is 30.4 Å². The first-order valence-corrected chi connectivity index (χ1v) is 4.61. The molecule has 0 saturated heterocycles. The molecule has 0 bridgehead atoms. The first-order chi connectivity index (χ1) is 6.62. The molecule has 2 N–H and O–H groups in total. The van der Waals surface area contributed by atoms with Crippen molar-refractivity contribution in [1.29, 1.82) is 0 Å². The number of hydrogen-bond donors (Lipinski definition) is 2. The number of hydrogen-bond acceptors (Lipinski definition) is 3. The lowest BCUT2D eigenvalue weighted by molar-refractivity contribution is -0.143. The van der Waals surface area contributed by atoms with E-state index in [1.807, 2.05) is 0 Å². The van der Waals surface area contributed by atoms with Crippen LogP contribution >= 0.6 is 0 Å². The summed E-state index contributed by atoms with van der Waals surface area (Å²) in [5.41, 5.74) is 0.345. The lowest BCUT2D eigenvalue weighted by Crippen LogP contribution is -2.32. The third-order valence-corrected chi connectivity index (χ3v) is 2.72. The fourth-order valence-corrected chi connectivity index (χ4v) is 2.07. The van der Waals surface area contributed by atoms with Crippen molar-refractivity contribution >= 4 is 5.97 Å². The van der Waals surface area contributed by atoms with E-state index in [9.17, 15) is 9.90 Å². The maximum Gasteiger partial charge on any atom is 0.306 e. The zero-order chi connectivity index (χ0) is 10.2. The van der Waals surface area contributed by atoms with Crippen LogP contribution in [0.3, 0.4) is 0 Å². The van der Waals surface area contributed by atoms with Crippen LogP contribution in [0.4, 0.5) is 0 Å². The van der Waals surface area contributed by atoms with E-state index in [0.717, 1.165) is 18.4 Å². The van der Waals surface area contributed by atoms with Gasteiger partial charge in [0.15, 0.2) is 0 Å². The molecule has 1 aliphatic rings. The van der Waals surface area contributed by atoms with Crippen molar-refractivity contribution in [2.24, 2.45) is 0 Å². The first-order valence-electron chi connectivity index (χ1n) is 4.61. The van der Waals surface area contributed by atoms with Crippen molar-refractivity contribution in [2.75, 3.05) is 0 Å². The standard InChI is InChI=1S/C10H12O4/c11-9(12)4-10(13)3-1-2-7-5-14-6-8(7)10/h5-6,13H,1-4H2,(H,11,12). The van der Waals surface area contributed by atoms with Crippen molar-refractivity contribution < 1.29 is 19.4 Å². The second-order valence-corrected chi connectivity index (χ2v) is 3.77. The number of aliphatic carboxylic acids is 1. The molecule has 0 aliphatic heterocycles. The molecule has 4 nitrogen and oxygen atoms in total. The highest BCUT2D eigenvalue weighted by atomic mass is 16.4. The van der Waals surface area contributed by atoms with Gasteiger partial charge in [-0.15, -0.1) is 0 Å². The van der Waals surface area contributed by atoms with E-state index in [2.05, 4.69) is 0 Å². The van der Waals surface area contributed by atoms with Gasteiger partial charge in [0.05, 0.1) is 18.9 Å². The SMILES string of the molecule is O=C(O)CC1(O)CCCc2cocc21. The summed E-state index contributed by atoms with van der Waals surface area (Å²) in [5, 5.41) is 18.8. The van der Waals surface area contributed by atoms with Crippen LogP contribution in [0.5, 0.6) is 0 Å². The molecule has 0 amide bonds. The van der Waals surface area contributed by atoms with Gasteiger partial charge in [0.25, 0.3) is 0 Å². The zero-order valence-corrected chi connectivity index (χ0v) is 7.69. The van der Waals surface area contributed by atoms with Crippen LogP contribution in [0.2, 0.25) is 0 Å². The molecule has 0 fully saturated rings. The van der Waals surface area contributed by atoms with E-state index in [1.54, 1.807) is 6.26 Å². The highest BCUT2D eigenvalue weighted by Gasteiger charge is 2.37. The summed E-state index contributed by atoms with van der Waals surface area (Å²) in [4.78, 5) is 10.6. The molecule has 76 valence electrons. The topological polar surface area (TPSA) is 70.7 Å². The average molecular weight is 196 g/mol. The monoisotopic (exact) mass is 196 g/mol. The molecule has 2 rings (SSSR count). The van der Waals surface area contributed by atoms with E-state index in [0.29, 0.717) is 12.0 Å². The molecule has 0 saturated carbocycles. The van der Waals surface area contributed by atoms with Crippen molar-refractivity contribution in [1.82, 2.24) is 0 Å². The Kier molecular flexibility index (Phi) is 2.07. The van der Waals surface area contributed by atoms with E-state index in [-0.39, 0.29) is 6.42 Å². The quantitative estimate of drug-likeness (QED) is 0.747. The molecule has 1 heterocycles. The van der Waals surface area contributed by atoms with E-state index < -0.39 is 11.6 Å². The van der Waals surface area contributed by atoms with Crippen molar-refractivity contribution in [3.8, 4) is 0 Å². The normalized spacial score (nSPS) is 25.8. The molecule has 4 heteroatoms. The maximum absolute atomic E-state index is 10.6. The Labute approximate surface area is 81.2 Å². The Balaban J connectivity index is 2.34. The highest BCUT2D eigenvalue weighted by Crippen LogP contribution is 2.38. The van der Waals surface area contributed by atoms with E-state index in [4.69, 9.17) is 9.52 Å². The van der Waals surface area contributed by atoms with Gasteiger partial charge in [0.2, 0.25) is 0 Å². The predicted octanol–water partition coefficient (Wildman–Crippen LogP) is 1.28. The summed E-state index contributed by atoms with van der Waals surface area (Å²) in [7, 11) is 0. The summed E-state index contributed by atoms with van der Waals surface area (Å²) in [6, 6.07) is 0. The summed E-state index contributed by atoms with van der Waals surface area (Å²) >= 11 is 0. The van der Waals surface area contributed by atoms with Crippen LogP contribution in [0.25, 0.3) is 0 Å². The zero-order valence-electron chi connectivity index (χ0n) is 7.69. The highest BCUT2D eigenvalue weighted by molar-refractivity contribution is 5.68. The van der Waals surface area contributed by atoms with Gasteiger partial charge in [-0.25, -0.2) is 0 Å². The second-order valence-electron chi connectivity index (χ2n) is 3.77. The van der Waals surface area contributed by atoms with Gasteiger partial charge in [0.1, 0.15) is 5.60 Å². The van der Waals surface area contributed by atoms with E-state index in [1.165, 1.54) is 6.26 Å². The average Bonchev–Trinajstić information content (AvgIpc) is 2.51. The third kappa shape index (κ3) is 1.42. The largest absolute Gasteiger partial charge is 0.481 e. The molecule has 0 aromatic carbocycles. The van der Waals surface area contributed by atoms with Gasteiger partial charge in [-0.1, -0.05) is 0 Å². The molecule has 14 heavy (non-hydrogen) atoms. The Hall–Kier alpha value is -1.29. The fraction of sp³-hybridized carbons (Fsp3) is 0.500. The predicted molar refractivity (Wildman–Crippen MR) is 47.8 cm³/mol. The molecular weight excluding hydrogens is 184 g/mol. The summed E-state index contributed by atoms with van der Waals surface area (Å²) in [6.45, 7) is 0. The number of furan rings is 1. The molecular formula is C10H12O4. The van der Waals surface area contributed by atoms with Gasteiger partial charge in [-0.3, -0.25) is 4.79 Å². The summed E-state index contributed by atoms with van der Waals surface area (Å²) in [5.74, 6) is -0.985. The number of carboxylic acids is 1. The lowest BCUT2D eigenvalue weighted by atomic mass is 9.79. The minimum absolute atomic E-state index is 0.250. The summed E-state index contributed by atoms with van der Waals surface area (Å²) in [6.07, 6.45) is 4.94. The van der Waals surface area contributed by atoms with Gasteiger partial charge < -0.3 is 14.6 Å². The maximum atomic E-state index is 10.6. The number of aryl methyl sites for hydroxylation is 1. The van der Waals surface area contributed by atoms with Gasteiger partial charge in [-0.2, -0.15) is 0 Å². The fourth-order valence-electron chi connectivity index (χ4n) is 2.07.